The van der Waals surface area contributed by atoms with E-state index < -0.39 is 11.0 Å². The SMILES string of the molecule is CC(C)(C)OC(=O)N1CCN(c2cc(-c3noc(C4(C)CCCc5sc(N)c(C#N)c54)n3)nc(N3CCN(CC4CC4)CC3)c2)CC1. The van der Waals surface area contributed by atoms with Crippen molar-refractivity contribution in [3.05, 3.63) is 34.0 Å². The fraction of sp³-hybridized carbons (Fsp3) is 0.618. The molecule has 2 aliphatic carbocycles. The summed E-state index contributed by atoms with van der Waals surface area (Å²) in [6, 6.07) is 6.52. The largest absolute Gasteiger partial charge is 0.444 e. The summed E-state index contributed by atoms with van der Waals surface area (Å²) in [6.07, 6.45) is 5.08. The van der Waals surface area contributed by atoms with Gasteiger partial charge < -0.3 is 29.7 Å². The molecule has 7 rings (SSSR count). The number of aryl methyl sites for hydroxylation is 1. The molecule has 2 saturated heterocycles. The van der Waals surface area contributed by atoms with E-state index in [4.69, 9.17) is 25.0 Å². The van der Waals surface area contributed by atoms with Crippen molar-refractivity contribution in [1.82, 2.24) is 24.9 Å². The van der Waals surface area contributed by atoms with Crippen molar-refractivity contribution < 1.29 is 14.1 Å². The van der Waals surface area contributed by atoms with Gasteiger partial charge in [-0.15, -0.1) is 11.3 Å². The van der Waals surface area contributed by atoms with Crippen LogP contribution in [0.1, 0.15) is 75.3 Å². The summed E-state index contributed by atoms with van der Waals surface area (Å²) < 4.78 is 11.6. The van der Waals surface area contributed by atoms with E-state index in [1.807, 2.05) is 26.8 Å². The number of nitrogen functional groups attached to an aromatic ring is 1. The Labute approximate surface area is 280 Å². The number of thiophene rings is 1. The lowest BCUT2D eigenvalue weighted by Gasteiger charge is -2.38. The standard InChI is InChI=1S/C34H45N9O3S/c1-33(2,3)45-32(44)43-16-14-41(15-17-43)23-18-25(37-27(19-23)42-12-10-40(11-13-42)21-22-7-8-22)30-38-31(46-39-30)34(4)9-5-6-26-28(34)24(20-35)29(36)47-26/h18-19,22H,5-17,21,36H2,1-4H3. The number of rotatable bonds is 6. The van der Waals surface area contributed by atoms with E-state index in [2.05, 4.69) is 38.9 Å². The maximum atomic E-state index is 12.7. The fourth-order valence-electron chi connectivity index (χ4n) is 7.12. The number of carbonyl (C=O) groups excluding carboxylic acids is 1. The van der Waals surface area contributed by atoms with Crippen LogP contribution in [0.15, 0.2) is 16.7 Å². The van der Waals surface area contributed by atoms with E-state index in [1.165, 1.54) is 30.7 Å². The van der Waals surface area contributed by atoms with Crippen molar-refractivity contribution in [2.75, 3.05) is 74.4 Å². The van der Waals surface area contributed by atoms with Gasteiger partial charge in [0.25, 0.3) is 0 Å². The number of hydrogen-bond donors (Lipinski definition) is 1. The van der Waals surface area contributed by atoms with Crippen molar-refractivity contribution in [2.45, 2.75) is 70.8 Å². The highest BCUT2D eigenvalue weighted by Gasteiger charge is 2.43. The lowest BCUT2D eigenvalue weighted by atomic mass is 9.72. The van der Waals surface area contributed by atoms with Crippen LogP contribution in [0.2, 0.25) is 0 Å². The summed E-state index contributed by atoms with van der Waals surface area (Å²) in [7, 11) is 0. The van der Waals surface area contributed by atoms with Crippen molar-refractivity contribution in [3.63, 3.8) is 0 Å². The van der Waals surface area contributed by atoms with Crippen LogP contribution < -0.4 is 15.5 Å². The van der Waals surface area contributed by atoms with Gasteiger partial charge in [-0.3, -0.25) is 4.90 Å². The molecule has 3 fully saturated rings. The second-order valence-electron chi connectivity index (χ2n) is 14.6. The first-order valence-corrected chi connectivity index (χ1v) is 17.7. The Morgan fingerprint density at radius 1 is 1.11 bits per heavy atom. The molecule has 2 N–H and O–H groups in total. The summed E-state index contributed by atoms with van der Waals surface area (Å²) in [5, 5.41) is 15.0. The number of fused-ring (bicyclic) bond motifs is 1. The Bertz CT molecular complexity index is 1670. The molecule has 1 saturated carbocycles. The van der Waals surface area contributed by atoms with Crippen LogP contribution in [-0.2, 0) is 16.6 Å². The minimum atomic E-state index is -0.603. The predicted molar refractivity (Wildman–Crippen MR) is 182 cm³/mol. The molecule has 0 aromatic carbocycles. The number of nitriles is 1. The molecule has 1 amide bonds. The number of aromatic nitrogens is 3. The molecule has 12 nitrogen and oxygen atoms in total. The Balaban J connectivity index is 1.17. The van der Waals surface area contributed by atoms with E-state index in [9.17, 15) is 10.1 Å². The van der Waals surface area contributed by atoms with Gasteiger partial charge in [-0.05, 0) is 71.8 Å². The molecule has 4 aliphatic rings. The highest BCUT2D eigenvalue weighted by atomic mass is 32.1. The minimum absolute atomic E-state index is 0.275. The Morgan fingerprint density at radius 3 is 2.51 bits per heavy atom. The molecule has 5 heterocycles. The quantitative estimate of drug-likeness (QED) is 0.387. The zero-order valence-electron chi connectivity index (χ0n) is 27.9. The van der Waals surface area contributed by atoms with Crippen molar-refractivity contribution in [3.8, 4) is 17.6 Å². The number of carbonyl (C=O) groups is 1. The molecular formula is C34H45N9O3S. The zero-order chi connectivity index (χ0) is 32.9. The van der Waals surface area contributed by atoms with Gasteiger partial charge >= 0.3 is 6.09 Å². The van der Waals surface area contributed by atoms with Gasteiger partial charge in [0.1, 0.15) is 28.2 Å². The molecule has 0 spiro atoms. The van der Waals surface area contributed by atoms with Crippen molar-refractivity contribution >= 4 is 33.9 Å². The monoisotopic (exact) mass is 659 g/mol. The molecule has 1 unspecified atom stereocenters. The number of pyridine rings is 1. The summed E-state index contributed by atoms with van der Waals surface area (Å²) >= 11 is 1.49. The van der Waals surface area contributed by atoms with Crippen LogP contribution in [0.3, 0.4) is 0 Å². The predicted octanol–water partition coefficient (Wildman–Crippen LogP) is 4.88. The first-order valence-electron chi connectivity index (χ1n) is 16.9. The van der Waals surface area contributed by atoms with Gasteiger partial charge in [0, 0.05) is 81.1 Å². The molecule has 47 heavy (non-hydrogen) atoms. The third-order valence-corrected chi connectivity index (χ3v) is 11.0. The maximum absolute atomic E-state index is 12.7. The van der Waals surface area contributed by atoms with Gasteiger partial charge in [-0.1, -0.05) is 5.16 Å². The number of amides is 1. The Morgan fingerprint density at radius 2 is 1.83 bits per heavy atom. The lowest BCUT2D eigenvalue weighted by molar-refractivity contribution is 0.0240. The van der Waals surface area contributed by atoms with Crippen LogP contribution >= 0.6 is 11.3 Å². The van der Waals surface area contributed by atoms with Crippen LogP contribution in [0.5, 0.6) is 0 Å². The molecule has 13 heteroatoms. The van der Waals surface area contributed by atoms with Gasteiger partial charge in [0.2, 0.25) is 11.7 Å². The Kier molecular flexibility index (Phi) is 8.29. The summed E-state index contributed by atoms with van der Waals surface area (Å²) in [4.78, 5) is 32.9. The Hall–Kier alpha value is -3.89. The average molecular weight is 660 g/mol. The first kappa shape index (κ1) is 31.7. The minimum Gasteiger partial charge on any atom is -0.444 e. The summed E-state index contributed by atoms with van der Waals surface area (Å²) in [6.45, 7) is 15.3. The number of ether oxygens (including phenoxy) is 1. The maximum Gasteiger partial charge on any atom is 0.410 e. The molecule has 0 bridgehead atoms. The molecule has 3 aromatic rings. The summed E-state index contributed by atoms with van der Waals surface area (Å²) in [5.41, 5.74) is 8.26. The second-order valence-corrected chi connectivity index (χ2v) is 15.8. The number of nitrogens with zero attached hydrogens (tertiary/aromatic N) is 8. The van der Waals surface area contributed by atoms with E-state index in [0.29, 0.717) is 54.2 Å². The van der Waals surface area contributed by atoms with Crippen molar-refractivity contribution in [1.29, 1.82) is 5.26 Å². The molecule has 0 radical (unpaired) electrons. The summed E-state index contributed by atoms with van der Waals surface area (Å²) in [5.74, 6) is 2.68. The van der Waals surface area contributed by atoms with E-state index in [0.717, 1.165) is 73.3 Å². The average Bonchev–Trinajstić information content (AvgIpc) is 3.58. The topological polar surface area (TPSA) is 141 Å². The molecule has 250 valence electrons. The van der Waals surface area contributed by atoms with Crippen molar-refractivity contribution in [2.24, 2.45) is 5.92 Å². The van der Waals surface area contributed by atoms with E-state index >= 15 is 0 Å². The second kappa shape index (κ2) is 12.3. The normalized spacial score (nSPS) is 22.2. The van der Waals surface area contributed by atoms with E-state index in [-0.39, 0.29) is 6.09 Å². The number of hydrogen-bond acceptors (Lipinski definition) is 12. The van der Waals surface area contributed by atoms with Crippen LogP contribution in [0.25, 0.3) is 11.5 Å². The first-order chi connectivity index (χ1) is 22.5. The number of anilines is 3. The number of nitrogens with two attached hydrogens (primary N) is 1. The molecule has 1 atom stereocenters. The highest BCUT2D eigenvalue weighted by Crippen LogP contribution is 2.48. The van der Waals surface area contributed by atoms with E-state index in [1.54, 1.807) is 4.90 Å². The number of piperazine rings is 2. The molecule has 3 aromatic heterocycles. The van der Waals surface area contributed by atoms with Gasteiger partial charge in [0.05, 0.1) is 11.0 Å². The van der Waals surface area contributed by atoms with Gasteiger partial charge in [-0.2, -0.15) is 10.2 Å². The van der Waals surface area contributed by atoms with Crippen LogP contribution in [-0.4, -0.2) is 95.5 Å². The fourth-order valence-corrected chi connectivity index (χ4v) is 8.31. The smallest absolute Gasteiger partial charge is 0.410 e. The third kappa shape index (κ3) is 6.50. The zero-order valence-corrected chi connectivity index (χ0v) is 28.7. The lowest BCUT2D eigenvalue weighted by Crippen LogP contribution is -2.50. The van der Waals surface area contributed by atoms with Gasteiger partial charge in [0.15, 0.2) is 0 Å². The highest BCUT2D eigenvalue weighted by molar-refractivity contribution is 7.16. The van der Waals surface area contributed by atoms with Crippen LogP contribution in [0, 0.1) is 17.2 Å². The van der Waals surface area contributed by atoms with Crippen LogP contribution in [0.4, 0.5) is 21.3 Å². The molecular weight excluding hydrogens is 615 g/mol. The third-order valence-electron chi connectivity index (χ3n) is 9.88. The van der Waals surface area contributed by atoms with Gasteiger partial charge in [-0.25, -0.2) is 9.78 Å². The molecule has 2 aliphatic heterocycles.